The van der Waals surface area contributed by atoms with Gasteiger partial charge in [-0.25, -0.2) is 9.97 Å². The van der Waals surface area contributed by atoms with E-state index in [1.807, 2.05) is 0 Å². The summed E-state index contributed by atoms with van der Waals surface area (Å²) in [5.74, 6) is 0.179. The Kier molecular flexibility index (Phi) is 5.08. The smallest absolute Gasteiger partial charge is 0.348 e. The lowest BCUT2D eigenvalue weighted by Crippen LogP contribution is -2.41. The van der Waals surface area contributed by atoms with Crippen molar-refractivity contribution in [3.05, 3.63) is 21.6 Å². The van der Waals surface area contributed by atoms with E-state index in [-0.39, 0.29) is 16.7 Å². The molecule has 1 fully saturated rings. The number of hydrogen-bond acceptors (Lipinski definition) is 6. The molecular formula is C12H18ClN5O2. The second-order valence-corrected chi connectivity index (χ2v) is 5.30. The number of piperidine rings is 1. The molecule has 0 saturated carbocycles. The van der Waals surface area contributed by atoms with Crippen LogP contribution in [0.1, 0.15) is 26.2 Å². The molecule has 20 heavy (non-hydrogen) atoms. The molecular weight excluding hydrogens is 282 g/mol. The molecule has 2 rings (SSSR count). The molecule has 0 aliphatic carbocycles. The SMILES string of the molecule is CC(CNc1ncnc(Cl)c1[N+](=O)[O-])N1CCCCC1. The van der Waals surface area contributed by atoms with Crippen molar-refractivity contribution in [3.8, 4) is 0 Å². The molecule has 0 spiro atoms. The number of anilines is 1. The Labute approximate surface area is 122 Å². The van der Waals surface area contributed by atoms with E-state index in [0.717, 1.165) is 13.1 Å². The van der Waals surface area contributed by atoms with Crippen LogP contribution in [0, 0.1) is 10.1 Å². The second kappa shape index (κ2) is 6.81. The van der Waals surface area contributed by atoms with Crippen molar-refractivity contribution in [1.82, 2.24) is 14.9 Å². The maximum Gasteiger partial charge on any atom is 0.348 e. The summed E-state index contributed by atoms with van der Waals surface area (Å²) in [4.78, 5) is 20.4. The highest BCUT2D eigenvalue weighted by Gasteiger charge is 2.23. The molecule has 8 heteroatoms. The van der Waals surface area contributed by atoms with E-state index < -0.39 is 4.92 Å². The molecule has 0 amide bonds. The Balaban J connectivity index is 2.00. The number of hydrogen-bond donors (Lipinski definition) is 1. The summed E-state index contributed by atoms with van der Waals surface area (Å²) >= 11 is 5.75. The molecule has 110 valence electrons. The van der Waals surface area contributed by atoms with E-state index in [1.54, 1.807) is 0 Å². The van der Waals surface area contributed by atoms with Crippen LogP contribution in [0.3, 0.4) is 0 Å². The van der Waals surface area contributed by atoms with Crippen LogP contribution in [-0.4, -0.2) is 45.5 Å². The van der Waals surface area contributed by atoms with E-state index in [4.69, 9.17) is 11.6 Å². The van der Waals surface area contributed by atoms with Crippen LogP contribution in [0.4, 0.5) is 11.5 Å². The van der Waals surface area contributed by atoms with Crippen molar-refractivity contribution in [2.24, 2.45) is 0 Å². The third kappa shape index (κ3) is 3.55. The second-order valence-electron chi connectivity index (χ2n) is 4.95. The van der Waals surface area contributed by atoms with Gasteiger partial charge in [-0.1, -0.05) is 18.0 Å². The minimum Gasteiger partial charge on any atom is -0.363 e. The van der Waals surface area contributed by atoms with E-state index >= 15 is 0 Å². The van der Waals surface area contributed by atoms with Gasteiger partial charge in [0.15, 0.2) is 0 Å². The minimum absolute atomic E-state index is 0.141. The highest BCUT2D eigenvalue weighted by atomic mass is 35.5. The molecule has 0 aromatic carbocycles. The van der Waals surface area contributed by atoms with E-state index in [1.165, 1.54) is 25.6 Å². The summed E-state index contributed by atoms with van der Waals surface area (Å²) in [7, 11) is 0. The molecule has 1 aromatic heterocycles. The normalized spacial score (nSPS) is 17.7. The van der Waals surface area contributed by atoms with Crippen LogP contribution in [-0.2, 0) is 0 Å². The third-order valence-corrected chi connectivity index (χ3v) is 3.82. The lowest BCUT2D eigenvalue weighted by atomic mass is 10.1. The lowest BCUT2D eigenvalue weighted by molar-refractivity contribution is -0.384. The van der Waals surface area contributed by atoms with Gasteiger partial charge in [0, 0.05) is 12.6 Å². The summed E-state index contributed by atoms with van der Waals surface area (Å²) < 4.78 is 0. The summed E-state index contributed by atoms with van der Waals surface area (Å²) in [5, 5.41) is 13.9. The van der Waals surface area contributed by atoms with Gasteiger partial charge < -0.3 is 5.32 Å². The molecule has 2 heterocycles. The Morgan fingerprint density at radius 3 is 2.80 bits per heavy atom. The summed E-state index contributed by atoms with van der Waals surface area (Å²) in [5.41, 5.74) is -0.264. The molecule has 1 saturated heterocycles. The summed E-state index contributed by atoms with van der Waals surface area (Å²) in [6.07, 6.45) is 4.93. The number of nitro groups is 1. The topological polar surface area (TPSA) is 84.2 Å². The first-order valence-corrected chi connectivity index (χ1v) is 7.10. The Morgan fingerprint density at radius 1 is 1.45 bits per heavy atom. The molecule has 7 nitrogen and oxygen atoms in total. The quantitative estimate of drug-likeness (QED) is 0.510. The van der Waals surface area contributed by atoms with Gasteiger partial charge in [0.25, 0.3) is 0 Å². The van der Waals surface area contributed by atoms with Crippen LogP contribution >= 0.6 is 11.6 Å². The number of nitrogens with one attached hydrogen (secondary N) is 1. The zero-order chi connectivity index (χ0) is 14.5. The highest BCUT2D eigenvalue weighted by molar-refractivity contribution is 6.31. The Bertz CT molecular complexity index is 479. The van der Waals surface area contributed by atoms with E-state index in [2.05, 4.69) is 27.1 Å². The fourth-order valence-electron chi connectivity index (χ4n) is 2.38. The van der Waals surface area contributed by atoms with Crippen LogP contribution < -0.4 is 5.32 Å². The fourth-order valence-corrected chi connectivity index (χ4v) is 2.58. The van der Waals surface area contributed by atoms with Crippen molar-refractivity contribution < 1.29 is 4.92 Å². The standard InChI is InChI=1S/C12H18ClN5O2/c1-9(17-5-3-2-4-6-17)7-14-12-10(18(19)20)11(13)15-8-16-12/h8-9H,2-7H2,1H3,(H,14,15,16). The van der Waals surface area contributed by atoms with E-state index in [0.29, 0.717) is 12.6 Å². The van der Waals surface area contributed by atoms with Gasteiger partial charge in [0.2, 0.25) is 11.0 Å². The van der Waals surface area contributed by atoms with E-state index in [9.17, 15) is 10.1 Å². The lowest BCUT2D eigenvalue weighted by Gasteiger charge is -2.32. The number of aromatic nitrogens is 2. The number of rotatable bonds is 5. The Morgan fingerprint density at radius 2 is 2.15 bits per heavy atom. The molecule has 0 radical (unpaired) electrons. The fraction of sp³-hybridized carbons (Fsp3) is 0.667. The van der Waals surface area contributed by atoms with Crippen molar-refractivity contribution in [2.45, 2.75) is 32.2 Å². The van der Waals surface area contributed by atoms with Gasteiger partial charge in [-0.2, -0.15) is 0 Å². The van der Waals surface area contributed by atoms with Gasteiger partial charge >= 0.3 is 5.69 Å². The first-order valence-electron chi connectivity index (χ1n) is 6.72. The molecule has 0 bridgehead atoms. The summed E-state index contributed by atoms with van der Waals surface area (Å²) in [6.45, 7) is 4.85. The average Bonchev–Trinajstić information content (AvgIpc) is 2.45. The molecule has 1 N–H and O–H groups in total. The monoisotopic (exact) mass is 299 g/mol. The van der Waals surface area contributed by atoms with Gasteiger partial charge in [-0.3, -0.25) is 15.0 Å². The highest BCUT2D eigenvalue weighted by Crippen LogP contribution is 2.28. The first-order chi connectivity index (χ1) is 9.59. The Hall–Kier alpha value is -1.47. The van der Waals surface area contributed by atoms with Crippen molar-refractivity contribution in [3.63, 3.8) is 0 Å². The number of halogens is 1. The van der Waals surface area contributed by atoms with Gasteiger partial charge in [0.05, 0.1) is 4.92 Å². The maximum absolute atomic E-state index is 11.0. The predicted octanol–water partition coefficient (Wildman–Crippen LogP) is 2.32. The zero-order valence-corrected chi connectivity index (χ0v) is 12.1. The predicted molar refractivity (Wildman–Crippen MR) is 77.1 cm³/mol. The minimum atomic E-state index is -0.559. The van der Waals surface area contributed by atoms with Crippen LogP contribution in [0.2, 0.25) is 5.15 Å². The third-order valence-electron chi connectivity index (χ3n) is 3.54. The number of likely N-dealkylation sites (tertiary alicyclic amines) is 1. The van der Waals surface area contributed by atoms with Crippen molar-refractivity contribution in [2.75, 3.05) is 25.0 Å². The largest absolute Gasteiger partial charge is 0.363 e. The number of nitrogens with zero attached hydrogens (tertiary/aromatic N) is 4. The zero-order valence-electron chi connectivity index (χ0n) is 11.4. The molecule has 1 aliphatic heterocycles. The van der Waals surface area contributed by atoms with Crippen LogP contribution in [0.25, 0.3) is 0 Å². The molecule has 1 atom stereocenters. The van der Waals surface area contributed by atoms with Crippen LogP contribution in [0.5, 0.6) is 0 Å². The van der Waals surface area contributed by atoms with Gasteiger partial charge in [0.1, 0.15) is 6.33 Å². The van der Waals surface area contributed by atoms with Gasteiger partial charge in [-0.05, 0) is 32.9 Å². The van der Waals surface area contributed by atoms with Gasteiger partial charge in [-0.15, -0.1) is 0 Å². The first kappa shape index (κ1) is 14.9. The van der Waals surface area contributed by atoms with Crippen LogP contribution in [0.15, 0.2) is 6.33 Å². The van der Waals surface area contributed by atoms with Crippen molar-refractivity contribution in [1.29, 1.82) is 0 Å². The molecule has 1 aromatic rings. The molecule has 1 aliphatic rings. The average molecular weight is 300 g/mol. The summed E-state index contributed by atoms with van der Waals surface area (Å²) in [6, 6.07) is 0.295. The maximum atomic E-state index is 11.0. The van der Waals surface area contributed by atoms with Crippen molar-refractivity contribution >= 4 is 23.1 Å². The molecule has 1 unspecified atom stereocenters.